The number of H-pyrrole nitrogens is 2. The van der Waals surface area contributed by atoms with Crippen LogP contribution in [0.15, 0.2) is 42.9 Å². The SMILES string of the molecule is O=C(c1ccc2[nH]ccc2c1)N1CCCCC1c1ncc[nH]1. The van der Waals surface area contributed by atoms with Crippen LogP contribution in [-0.2, 0) is 0 Å². The summed E-state index contributed by atoms with van der Waals surface area (Å²) >= 11 is 0. The lowest BCUT2D eigenvalue weighted by molar-refractivity contribution is 0.0601. The average Bonchev–Trinajstić information content (AvgIpc) is 3.24. The minimum atomic E-state index is 0.0539. The average molecular weight is 294 g/mol. The molecule has 1 saturated heterocycles. The number of carbonyl (C=O) groups excluding carboxylic acids is 1. The van der Waals surface area contributed by atoms with Crippen LogP contribution in [0.4, 0.5) is 0 Å². The van der Waals surface area contributed by atoms with Crippen LogP contribution in [0.5, 0.6) is 0 Å². The largest absolute Gasteiger partial charge is 0.361 e. The van der Waals surface area contributed by atoms with Gasteiger partial charge in [-0.15, -0.1) is 0 Å². The number of aromatic nitrogens is 3. The molecule has 2 aromatic heterocycles. The van der Waals surface area contributed by atoms with Crippen molar-refractivity contribution < 1.29 is 4.79 Å². The minimum absolute atomic E-state index is 0.0539. The zero-order valence-electron chi connectivity index (χ0n) is 12.2. The van der Waals surface area contributed by atoms with Crippen molar-refractivity contribution in [2.24, 2.45) is 0 Å². The molecule has 1 fully saturated rings. The first-order valence-corrected chi connectivity index (χ1v) is 7.70. The molecule has 2 N–H and O–H groups in total. The van der Waals surface area contributed by atoms with Crippen LogP contribution in [0.25, 0.3) is 10.9 Å². The van der Waals surface area contributed by atoms with Crippen LogP contribution in [0.3, 0.4) is 0 Å². The molecule has 5 heteroatoms. The van der Waals surface area contributed by atoms with Crippen molar-refractivity contribution in [3.05, 3.63) is 54.2 Å². The number of hydrogen-bond acceptors (Lipinski definition) is 2. The Balaban J connectivity index is 1.67. The van der Waals surface area contributed by atoms with Crippen LogP contribution in [0.2, 0.25) is 0 Å². The van der Waals surface area contributed by atoms with Crippen molar-refractivity contribution in [3.8, 4) is 0 Å². The van der Waals surface area contributed by atoms with Gasteiger partial charge in [0.25, 0.3) is 5.91 Å². The number of hydrogen-bond donors (Lipinski definition) is 2. The van der Waals surface area contributed by atoms with Crippen molar-refractivity contribution in [1.82, 2.24) is 19.9 Å². The summed E-state index contributed by atoms with van der Waals surface area (Å²) in [6.45, 7) is 0.787. The molecule has 4 rings (SSSR count). The molecule has 0 radical (unpaired) electrons. The number of nitrogens with zero attached hydrogens (tertiary/aromatic N) is 2. The normalized spacial score (nSPS) is 18.7. The van der Waals surface area contributed by atoms with Gasteiger partial charge in [-0.2, -0.15) is 0 Å². The second-order valence-electron chi connectivity index (χ2n) is 5.76. The number of fused-ring (bicyclic) bond motifs is 1. The quantitative estimate of drug-likeness (QED) is 0.762. The van der Waals surface area contributed by atoms with E-state index in [9.17, 15) is 4.79 Å². The van der Waals surface area contributed by atoms with Gasteiger partial charge in [-0.1, -0.05) is 0 Å². The molecule has 1 atom stereocenters. The van der Waals surface area contributed by atoms with E-state index >= 15 is 0 Å². The molecule has 0 saturated carbocycles. The van der Waals surface area contributed by atoms with Gasteiger partial charge in [-0.25, -0.2) is 4.98 Å². The molecule has 0 spiro atoms. The molecule has 1 amide bonds. The maximum absolute atomic E-state index is 12.9. The monoisotopic (exact) mass is 294 g/mol. The lowest BCUT2D eigenvalue weighted by atomic mass is 10.00. The Hall–Kier alpha value is -2.56. The maximum atomic E-state index is 12.9. The number of amides is 1. The third-order valence-electron chi connectivity index (χ3n) is 4.40. The fourth-order valence-electron chi connectivity index (χ4n) is 3.27. The molecule has 1 aliphatic rings. The summed E-state index contributed by atoms with van der Waals surface area (Å²) in [5.41, 5.74) is 1.79. The Kier molecular flexibility index (Phi) is 3.18. The fraction of sp³-hybridized carbons (Fsp3) is 0.294. The molecule has 3 aromatic rings. The number of rotatable bonds is 2. The predicted molar refractivity (Wildman–Crippen MR) is 84.5 cm³/mol. The first kappa shape index (κ1) is 13.1. The predicted octanol–water partition coefficient (Wildman–Crippen LogP) is 3.26. The first-order chi connectivity index (χ1) is 10.8. The lowest BCUT2D eigenvalue weighted by Crippen LogP contribution is -2.39. The highest BCUT2D eigenvalue weighted by Crippen LogP contribution is 2.30. The van der Waals surface area contributed by atoms with E-state index in [0.29, 0.717) is 0 Å². The highest BCUT2D eigenvalue weighted by atomic mass is 16.2. The zero-order chi connectivity index (χ0) is 14.9. The Bertz CT molecular complexity index is 790. The van der Waals surface area contributed by atoms with Gasteiger partial charge >= 0.3 is 0 Å². The summed E-state index contributed by atoms with van der Waals surface area (Å²) in [5, 5.41) is 1.07. The molecule has 22 heavy (non-hydrogen) atoms. The third kappa shape index (κ3) is 2.19. The van der Waals surface area contributed by atoms with E-state index < -0.39 is 0 Å². The highest BCUT2D eigenvalue weighted by Gasteiger charge is 2.30. The Labute approximate surface area is 128 Å². The summed E-state index contributed by atoms with van der Waals surface area (Å²) in [4.78, 5) is 25.6. The lowest BCUT2D eigenvalue weighted by Gasteiger charge is -2.34. The minimum Gasteiger partial charge on any atom is -0.361 e. The van der Waals surface area contributed by atoms with E-state index in [4.69, 9.17) is 0 Å². The summed E-state index contributed by atoms with van der Waals surface area (Å²) in [6.07, 6.45) is 8.61. The van der Waals surface area contributed by atoms with Gasteiger partial charge in [0.1, 0.15) is 5.82 Å². The van der Waals surface area contributed by atoms with Crippen molar-refractivity contribution in [2.45, 2.75) is 25.3 Å². The fourth-order valence-corrected chi connectivity index (χ4v) is 3.27. The van der Waals surface area contributed by atoms with E-state index in [2.05, 4.69) is 15.0 Å². The standard InChI is InChI=1S/C17H18N4O/c22-17(13-4-5-14-12(11-13)6-7-18-14)21-10-2-1-3-15(21)16-19-8-9-20-16/h4-9,11,15,18H,1-3,10H2,(H,19,20). The van der Waals surface area contributed by atoms with Crippen molar-refractivity contribution in [3.63, 3.8) is 0 Å². The van der Waals surface area contributed by atoms with Crippen molar-refractivity contribution >= 4 is 16.8 Å². The smallest absolute Gasteiger partial charge is 0.254 e. The molecule has 0 aliphatic carbocycles. The molecule has 1 aromatic carbocycles. The summed E-state index contributed by atoms with van der Waals surface area (Å²) in [5.74, 6) is 0.972. The Morgan fingerprint density at radius 1 is 1.18 bits per heavy atom. The van der Waals surface area contributed by atoms with Crippen LogP contribution in [-0.4, -0.2) is 32.3 Å². The van der Waals surface area contributed by atoms with Crippen LogP contribution >= 0.6 is 0 Å². The number of nitrogens with one attached hydrogen (secondary N) is 2. The van der Waals surface area contributed by atoms with Crippen LogP contribution < -0.4 is 0 Å². The number of likely N-dealkylation sites (tertiary alicyclic amines) is 1. The van der Waals surface area contributed by atoms with Gasteiger partial charge in [-0.05, 0) is 43.5 Å². The van der Waals surface area contributed by atoms with Gasteiger partial charge in [0.2, 0.25) is 0 Å². The molecular formula is C17H18N4O. The summed E-state index contributed by atoms with van der Waals surface area (Å²) < 4.78 is 0. The second-order valence-corrected chi connectivity index (χ2v) is 5.76. The molecule has 1 aliphatic heterocycles. The van der Waals surface area contributed by atoms with Crippen molar-refractivity contribution in [1.29, 1.82) is 0 Å². The number of benzene rings is 1. The highest BCUT2D eigenvalue weighted by molar-refractivity contribution is 5.98. The molecular weight excluding hydrogens is 276 g/mol. The molecule has 3 heterocycles. The first-order valence-electron chi connectivity index (χ1n) is 7.70. The van der Waals surface area contributed by atoms with Gasteiger partial charge < -0.3 is 14.9 Å². The van der Waals surface area contributed by atoms with Gasteiger partial charge in [-0.3, -0.25) is 4.79 Å². The van der Waals surface area contributed by atoms with Gasteiger partial charge in [0.15, 0.2) is 0 Å². The second kappa shape index (κ2) is 5.33. The third-order valence-corrected chi connectivity index (χ3v) is 4.40. The molecule has 112 valence electrons. The number of aromatic amines is 2. The molecule has 1 unspecified atom stereocenters. The van der Waals surface area contributed by atoms with E-state index in [1.807, 2.05) is 41.6 Å². The van der Waals surface area contributed by atoms with Gasteiger partial charge in [0, 0.05) is 41.6 Å². The molecule has 5 nitrogen and oxygen atoms in total. The van der Waals surface area contributed by atoms with Crippen molar-refractivity contribution in [2.75, 3.05) is 6.54 Å². The maximum Gasteiger partial charge on any atom is 0.254 e. The number of imidazole rings is 1. The summed E-state index contributed by atoms with van der Waals surface area (Å²) in [6, 6.07) is 7.87. The van der Waals surface area contributed by atoms with Crippen LogP contribution in [0, 0.1) is 0 Å². The number of piperidine rings is 1. The van der Waals surface area contributed by atoms with E-state index in [-0.39, 0.29) is 11.9 Å². The summed E-state index contributed by atoms with van der Waals surface area (Å²) in [7, 11) is 0. The Morgan fingerprint density at radius 3 is 3.00 bits per heavy atom. The van der Waals surface area contributed by atoms with E-state index in [1.54, 1.807) is 6.20 Å². The topological polar surface area (TPSA) is 64.8 Å². The van der Waals surface area contributed by atoms with Gasteiger partial charge in [0.05, 0.1) is 6.04 Å². The zero-order valence-corrected chi connectivity index (χ0v) is 12.2. The number of carbonyl (C=O) groups is 1. The Morgan fingerprint density at radius 2 is 2.14 bits per heavy atom. The molecule has 0 bridgehead atoms. The van der Waals surface area contributed by atoms with E-state index in [0.717, 1.165) is 48.1 Å². The van der Waals surface area contributed by atoms with E-state index in [1.165, 1.54) is 0 Å². The van der Waals surface area contributed by atoms with Crippen LogP contribution in [0.1, 0.15) is 41.5 Å².